The molecule has 0 aliphatic carbocycles. The molecule has 0 aromatic heterocycles. The zero-order valence-corrected chi connectivity index (χ0v) is 8.95. The van der Waals surface area contributed by atoms with Gasteiger partial charge in [0.15, 0.2) is 6.10 Å². The van der Waals surface area contributed by atoms with Gasteiger partial charge in [-0.2, -0.15) is 0 Å². The molecule has 1 aliphatic rings. The zero-order chi connectivity index (χ0) is 11.0. The fourth-order valence-corrected chi connectivity index (χ4v) is 1.81. The lowest BCUT2D eigenvalue weighted by molar-refractivity contribution is -0.123. The van der Waals surface area contributed by atoms with Crippen LogP contribution in [-0.4, -0.2) is 11.0 Å². The summed E-state index contributed by atoms with van der Waals surface area (Å²) < 4.78 is 0. The minimum atomic E-state index is -0.996. The summed E-state index contributed by atoms with van der Waals surface area (Å²) in [5.41, 5.74) is 2.61. The molecule has 0 radical (unpaired) electrons. The van der Waals surface area contributed by atoms with Crippen molar-refractivity contribution >= 4 is 11.6 Å². The van der Waals surface area contributed by atoms with Crippen LogP contribution in [0.15, 0.2) is 18.2 Å². The molecule has 2 rings (SSSR count). The number of hydrogen-bond donors (Lipinski definition) is 2. The summed E-state index contributed by atoms with van der Waals surface area (Å²) in [7, 11) is 0. The highest BCUT2D eigenvalue weighted by Gasteiger charge is 2.28. The third kappa shape index (κ3) is 1.63. The molecule has 2 N–H and O–H groups in total. The van der Waals surface area contributed by atoms with Gasteiger partial charge >= 0.3 is 0 Å². The summed E-state index contributed by atoms with van der Waals surface area (Å²) in [5.74, 6) is 0.129. The highest BCUT2D eigenvalue weighted by molar-refractivity contribution is 6.01. The molecule has 1 aromatic rings. The van der Waals surface area contributed by atoms with Gasteiger partial charge in [0.2, 0.25) is 0 Å². The highest BCUT2D eigenvalue weighted by atomic mass is 16.3. The van der Waals surface area contributed by atoms with Crippen molar-refractivity contribution in [3.05, 3.63) is 29.3 Å². The van der Waals surface area contributed by atoms with Crippen molar-refractivity contribution in [2.24, 2.45) is 0 Å². The van der Waals surface area contributed by atoms with Gasteiger partial charge < -0.3 is 10.4 Å². The van der Waals surface area contributed by atoms with E-state index in [4.69, 9.17) is 0 Å². The largest absolute Gasteiger partial charge is 0.378 e. The second-order valence-electron chi connectivity index (χ2n) is 4.05. The van der Waals surface area contributed by atoms with Gasteiger partial charge in [0, 0.05) is 11.3 Å². The van der Waals surface area contributed by atoms with Gasteiger partial charge in [-0.25, -0.2) is 0 Å². The Labute approximate surface area is 89.1 Å². The molecule has 3 nitrogen and oxygen atoms in total. The molecule has 3 heteroatoms. The van der Waals surface area contributed by atoms with E-state index in [-0.39, 0.29) is 5.91 Å². The first-order valence-corrected chi connectivity index (χ1v) is 5.26. The molecule has 0 bridgehead atoms. The van der Waals surface area contributed by atoms with Gasteiger partial charge in [-0.05, 0) is 24.0 Å². The molecular formula is C12H15NO2. The average Bonchev–Trinajstić information content (AvgIpc) is 2.54. The second-order valence-corrected chi connectivity index (χ2v) is 4.05. The Morgan fingerprint density at radius 2 is 2.27 bits per heavy atom. The molecule has 2 unspecified atom stereocenters. The molecule has 0 saturated carbocycles. The van der Waals surface area contributed by atoms with Crippen molar-refractivity contribution < 1.29 is 9.90 Å². The predicted octanol–water partition coefficient (Wildman–Crippen LogP) is 2.19. The summed E-state index contributed by atoms with van der Waals surface area (Å²) in [5, 5.41) is 12.3. The fraction of sp³-hybridized carbons (Fsp3) is 0.417. The van der Waals surface area contributed by atoms with Crippen LogP contribution >= 0.6 is 0 Å². The topological polar surface area (TPSA) is 49.3 Å². The molecule has 0 fully saturated rings. The van der Waals surface area contributed by atoms with Gasteiger partial charge in [-0.1, -0.05) is 26.0 Å². The number of anilines is 1. The van der Waals surface area contributed by atoms with Crippen LogP contribution < -0.4 is 5.32 Å². The lowest BCUT2D eigenvalue weighted by atomic mass is 9.95. The van der Waals surface area contributed by atoms with E-state index in [9.17, 15) is 9.90 Å². The lowest BCUT2D eigenvalue weighted by Gasteiger charge is -2.10. The number of carbonyl (C=O) groups is 1. The number of hydrogen-bond acceptors (Lipinski definition) is 2. The molecular weight excluding hydrogens is 190 g/mol. The van der Waals surface area contributed by atoms with Gasteiger partial charge in [0.05, 0.1) is 0 Å². The molecule has 80 valence electrons. The first-order valence-electron chi connectivity index (χ1n) is 5.26. The van der Waals surface area contributed by atoms with Crippen LogP contribution in [0.1, 0.15) is 43.4 Å². The van der Waals surface area contributed by atoms with Gasteiger partial charge in [-0.3, -0.25) is 4.79 Å². The lowest BCUT2D eigenvalue weighted by Crippen LogP contribution is -2.10. The number of aliphatic hydroxyl groups excluding tert-OH is 1. The first kappa shape index (κ1) is 10.2. The van der Waals surface area contributed by atoms with E-state index in [1.807, 2.05) is 18.2 Å². The van der Waals surface area contributed by atoms with E-state index in [2.05, 4.69) is 19.2 Å². The molecule has 1 aromatic carbocycles. The number of fused-ring (bicyclic) bond motifs is 1. The minimum Gasteiger partial charge on any atom is -0.378 e. The van der Waals surface area contributed by atoms with E-state index >= 15 is 0 Å². The Hall–Kier alpha value is -1.35. The first-order chi connectivity index (χ1) is 7.13. The maximum atomic E-state index is 11.2. The molecule has 1 aliphatic heterocycles. The number of amides is 1. The van der Waals surface area contributed by atoms with Gasteiger partial charge in [-0.15, -0.1) is 0 Å². The number of benzene rings is 1. The van der Waals surface area contributed by atoms with E-state index < -0.39 is 6.10 Å². The van der Waals surface area contributed by atoms with E-state index in [1.54, 1.807) is 0 Å². The quantitative estimate of drug-likeness (QED) is 0.777. The number of carbonyl (C=O) groups excluding carboxylic acids is 1. The molecule has 15 heavy (non-hydrogen) atoms. The smallest absolute Gasteiger partial charge is 0.257 e. The van der Waals surface area contributed by atoms with Crippen molar-refractivity contribution in [3.8, 4) is 0 Å². The third-order valence-corrected chi connectivity index (χ3v) is 3.06. The summed E-state index contributed by atoms with van der Waals surface area (Å²) in [4.78, 5) is 11.2. The summed E-state index contributed by atoms with van der Waals surface area (Å²) in [6.45, 7) is 4.26. The Kier molecular flexibility index (Phi) is 2.49. The van der Waals surface area contributed by atoms with Crippen LogP contribution in [0.25, 0.3) is 0 Å². The number of rotatable bonds is 2. The van der Waals surface area contributed by atoms with Crippen molar-refractivity contribution in [1.29, 1.82) is 0 Å². The van der Waals surface area contributed by atoms with Crippen molar-refractivity contribution in [3.63, 3.8) is 0 Å². The Balaban J connectivity index is 2.39. The number of aliphatic hydroxyl groups is 1. The molecule has 0 saturated heterocycles. The van der Waals surface area contributed by atoms with Crippen LogP contribution in [0.2, 0.25) is 0 Å². The normalized spacial score (nSPS) is 21.0. The number of nitrogens with one attached hydrogen (secondary N) is 1. The minimum absolute atomic E-state index is 0.327. The molecule has 1 heterocycles. The van der Waals surface area contributed by atoms with Crippen LogP contribution in [0, 0.1) is 0 Å². The van der Waals surface area contributed by atoms with Gasteiger partial charge in [0.1, 0.15) is 0 Å². The van der Waals surface area contributed by atoms with Crippen molar-refractivity contribution in [2.75, 3.05) is 5.32 Å². The summed E-state index contributed by atoms with van der Waals surface area (Å²) in [6.07, 6.45) is 0.0556. The average molecular weight is 205 g/mol. The highest BCUT2D eigenvalue weighted by Crippen LogP contribution is 2.33. The second kappa shape index (κ2) is 3.66. The fourth-order valence-electron chi connectivity index (χ4n) is 1.81. The van der Waals surface area contributed by atoms with Crippen LogP contribution in [-0.2, 0) is 4.79 Å². The van der Waals surface area contributed by atoms with E-state index in [1.165, 1.54) is 5.56 Å². The van der Waals surface area contributed by atoms with E-state index in [0.29, 0.717) is 11.5 Å². The summed E-state index contributed by atoms with van der Waals surface area (Å²) in [6, 6.07) is 5.79. The predicted molar refractivity (Wildman–Crippen MR) is 58.7 cm³/mol. The molecule has 0 spiro atoms. The maximum Gasteiger partial charge on any atom is 0.257 e. The Morgan fingerprint density at radius 1 is 1.53 bits per heavy atom. The standard InChI is InChI=1S/C12H15NO2/c1-3-7(2)8-4-5-10-9(6-8)11(14)12(15)13-10/h4-7,11,14H,3H2,1-2H3,(H,13,15). The van der Waals surface area contributed by atoms with Crippen molar-refractivity contribution in [2.45, 2.75) is 32.3 Å². The van der Waals surface area contributed by atoms with Crippen LogP contribution in [0.5, 0.6) is 0 Å². The Bertz CT molecular complexity index is 401. The van der Waals surface area contributed by atoms with Crippen molar-refractivity contribution in [1.82, 2.24) is 0 Å². The van der Waals surface area contributed by atoms with E-state index in [0.717, 1.165) is 12.1 Å². The zero-order valence-electron chi connectivity index (χ0n) is 8.95. The molecule has 2 atom stereocenters. The molecule has 1 amide bonds. The maximum absolute atomic E-state index is 11.2. The van der Waals surface area contributed by atoms with Gasteiger partial charge in [0.25, 0.3) is 5.91 Å². The van der Waals surface area contributed by atoms with Crippen LogP contribution in [0.4, 0.5) is 5.69 Å². The SMILES string of the molecule is CCC(C)c1ccc2c(c1)C(O)C(=O)N2. The monoisotopic (exact) mass is 205 g/mol. The Morgan fingerprint density at radius 3 is 2.93 bits per heavy atom. The summed E-state index contributed by atoms with van der Waals surface area (Å²) >= 11 is 0. The van der Waals surface area contributed by atoms with Crippen LogP contribution in [0.3, 0.4) is 0 Å². The third-order valence-electron chi connectivity index (χ3n) is 3.06.